The zero-order valence-electron chi connectivity index (χ0n) is 19.4. The van der Waals surface area contributed by atoms with E-state index in [1.54, 1.807) is 31.3 Å². The van der Waals surface area contributed by atoms with Crippen LogP contribution in [0.4, 0.5) is 0 Å². The van der Waals surface area contributed by atoms with Gasteiger partial charge in [0.2, 0.25) is 17.1 Å². The second-order valence-corrected chi connectivity index (χ2v) is 8.74. The highest BCUT2D eigenvalue weighted by Crippen LogP contribution is 2.33. The van der Waals surface area contributed by atoms with Gasteiger partial charge >= 0.3 is 0 Å². The number of likely N-dealkylation sites (tertiary alicyclic amines) is 1. The standard InChI is InChI=1S/C25H29N3O6/c1-27-20-11-16(33-2)7-6-15(20)10-19(25(27)32)18(13-22(26)30)24-23(31)21(29)12-17(34-24)14-28-8-4-3-5-9-28/h6-7,10-12,18,31H,3-5,8-9,13-14H2,1-2H3,(H2,26,30)/t18-/m1/s1. The quantitative estimate of drug-likeness (QED) is 0.545. The van der Waals surface area contributed by atoms with Crippen LogP contribution in [0.15, 0.2) is 44.3 Å². The lowest BCUT2D eigenvalue weighted by Gasteiger charge is -2.26. The van der Waals surface area contributed by atoms with Crippen molar-refractivity contribution in [2.75, 3.05) is 20.2 Å². The average Bonchev–Trinajstić information content (AvgIpc) is 2.82. The van der Waals surface area contributed by atoms with Gasteiger partial charge in [0.05, 0.1) is 25.1 Å². The van der Waals surface area contributed by atoms with Crippen LogP contribution >= 0.6 is 0 Å². The summed E-state index contributed by atoms with van der Waals surface area (Å²) in [5.74, 6) is -1.48. The second kappa shape index (κ2) is 9.72. The molecule has 1 fully saturated rings. The Hall–Kier alpha value is -3.59. The van der Waals surface area contributed by atoms with Crippen LogP contribution in [-0.4, -0.2) is 40.7 Å². The second-order valence-electron chi connectivity index (χ2n) is 8.74. The number of hydrogen-bond acceptors (Lipinski definition) is 7. The van der Waals surface area contributed by atoms with Crippen LogP contribution in [0.2, 0.25) is 0 Å². The Morgan fingerprint density at radius 3 is 2.59 bits per heavy atom. The van der Waals surface area contributed by atoms with Crippen LogP contribution in [0, 0.1) is 0 Å². The van der Waals surface area contributed by atoms with Gasteiger partial charge in [0.25, 0.3) is 5.56 Å². The van der Waals surface area contributed by atoms with Crippen LogP contribution < -0.4 is 21.5 Å². The highest BCUT2D eigenvalue weighted by Gasteiger charge is 2.29. The fraction of sp³-hybridized carbons (Fsp3) is 0.400. The van der Waals surface area contributed by atoms with Gasteiger partial charge in [0, 0.05) is 31.2 Å². The van der Waals surface area contributed by atoms with E-state index in [9.17, 15) is 19.5 Å². The van der Waals surface area contributed by atoms with Crippen molar-refractivity contribution in [1.82, 2.24) is 9.47 Å². The van der Waals surface area contributed by atoms with Crippen LogP contribution in [0.5, 0.6) is 11.5 Å². The van der Waals surface area contributed by atoms with E-state index >= 15 is 0 Å². The number of nitrogens with zero attached hydrogens (tertiary/aromatic N) is 2. The minimum absolute atomic E-state index is 0.122. The lowest BCUT2D eigenvalue weighted by atomic mass is 9.91. The van der Waals surface area contributed by atoms with Crippen molar-refractivity contribution < 1.29 is 19.1 Å². The molecule has 1 amide bonds. The summed E-state index contributed by atoms with van der Waals surface area (Å²) in [6.45, 7) is 2.18. The van der Waals surface area contributed by atoms with E-state index in [0.29, 0.717) is 23.6 Å². The SMILES string of the molecule is COc1ccc2cc([C@@H](CC(N)=O)c3oc(CN4CCCCC4)cc(=O)c3O)c(=O)n(C)c2c1. The Morgan fingerprint density at radius 1 is 1.18 bits per heavy atom. The van der Waals surface area contributed by atoms with E-state index in [1.807, 2.05) is 0 Å². The lowest BCUT2D eigenvalue weighted by Crippen LogP contribution is -2.30. The molecule has 1 saturated heterocycles. The molecule has 1 atom stereocenters. The number of primary amides is 1. The predicted molar refractivity (Wildman–Crippen MR) is 127 cm³/mol. The number of carbonyl (C=O) groups excluding carboxylic acids is 1. The number of fused-ring (bicyclic) bond motifs is 1. The van der Waals surface area contributed by atoms with Crippen LogP contribution in [0.3, 0.4) is 0 Å². The molecule has 1 aliphatic heterocycles. The molecule has 9 nitrogen and oxygen atoms in total. The molecule has 0 radical (unpaired) electrons. The van der Waals surface area contributed by atoms with Crippen molar-refractivity contribution in [3.63, 3.8) is 0 Å². The molecule has 4 rings (SSSR count). The normalized spacial score (nSPS) is 15.4. The Labute approximate surface area is 196 Å². The molecule has 3 aromatic rings. The number of pyridine rings is 1. The maximum Gasteiger partial charge on any atom is 0.254 e. The molecule has 180 valence electrons. The smallest absolute Gasteiger partial charge is 0.254 e. The first-order valence-electron chi connectivity index (χ1n) is 11.3. The Bertz CT molecular complexity index is 1340. The molecule has 2 aromatic heterocycles. The van der Waals surface area contributed by atoms with Crippen molar-refractivity contribution in [3.8, 4) is 11.5 Å². The number of aromatic nitrogens is 1. The molecule has 1 aromatic carbocycles. The molecule has 3 N–H and O–H groups in total. The van der Waals surface area contributed by atoms with Gasteiger partial charge in [-0.25, -0.2) is 0 Å². The van der Waals surface area contributed by atoms with Crippen molar-refractivity contribution in [2.45, 2.75) is 38.1 Å². The summed E-state index contributed by atoms with van der Waals surface area (Å²) in [7, 11) is 3.15. The first-order chi connectivity index (χ1) is 16.3. The summed E-state index contributed by atoms with van der Waals surface area (Å²) in [4.78, 5) is 40.1. The minimum atomic E-state index is -1.02. The maximum atomic E-state index is 13.3. The molecule has 0 unspecified atom stereocenters. The van der Waals surface area contributed by atoms with Gasteiger partial charge < -0.3 is 24.6 Å². The summed E-state index contributed by atoms with van der Waals surface area (Å²) >= 11 is 0. The van der Waals surface area contributed by atoms with Gasteiger partial charge in [-0.2, -0.15) is 0 Å². The number of hydrogen-bond donors (Lipinski definition) is 2. The number of nitrogens with two attached hydrogens (primary N) is 1. The third kappa shape index (κ3) is 4.70. The Balaban J connectivity index is 1.85. The van der Waals surface area contributed by atoms with Crippen LogP contribution in [0.25, 0.3) is 10.9 Å². The number of amides is 1. The molecule has 1 aliphatic rings. The minimum Gasteiger partial charge on any atom is -0.502 e. The van der Waals surface area contributed by atoms with Crippen LogP contribution in [-0.2, 0) is 18.4 Å². The zero-order chi connectivity index (χ0) is 24.4. The predicted octanol–water partition coefficient (Wildman–Crippen LogP) is 2.20. The molecule has 34 heavy (non-hydrogen) atoms. The zero-order valence-corrected chi connectivity index (χ0v) is 19.4. The molecule has 9 heteroatoms. The van der Waals surface area contributed by atoms with Gasteiger partial charge in [-0.1, -0.05) is 6.42 Å². The Kier molecular flexibility index (Phi) is 6.74. The maximum absolute atomic E-state index is 13.3. The van der Waals surface area contributed by atoms with Gasteiger partial charge in [0.15, 0.2) is 5.76 Å². The largest absolute Gasteiger partial charge is 0.502 e. The third-order valence-corrected chi connectivity index (χ3v) is 6.39. The number of carbonyl (C=O) groups is 1. The summed E-state index contributed by atoms with van der Waals surface area (Å²) in [5.41, 5.74) is 5.33. The van der Waals surface area contributed by atoms with E-state index in [4.69, 9.17) is 14.9 Å². The summed E-state index contributed by atoms with van der Waals surface area (Å²) in [5, 5.41) is 11.3. The monoisotopic (exact) mass is 467 g/mol. The number of ether oxygens (including phenoxy) is 1. The van der Waals surface area contributed by atoms with Crippen LogP contribution in [0.1, 0.15) is 48.7 Å². The first kappa shape index (κ1) is 23.6. The molecule has 0 saturated carbocycles. The summed E-state index contributed by atoms with van der Waals surface area (Å²) < 4.78 is 12.7. The number of piperidine rings is 1. The highest BCUT2D eigenvalue weighted by molar-refractivity contribution is 5.82. The van der Waals surface area contributed by atoms with Gasteiger partial charge in [-0.05, 0) is 49.5 Å². The van der Waals surface area contributed by atoms with Crippen molar-refractivity contribution in [3.05, 3.63) is 68.0 Å². The topological polar surface area (TPSA) is 128 Å². The lowest BCUT2D eigenvalue weighted by molar-refractivity contribution is -0.118. The van der Waals surface area contributed by atoms with Gasteiger partial charge in [0.1, 0.15) is 11.5 Å². The molecule has 0 bridgehead atoms. The van der Waals surface area contributed by atoms with Crippen molar-refractivity contribution in [1.29, 1.82) is 0 Å². The Morgan fingerprint density at radius 2 is 1.91 bits per heavy atom. The first-order valence-corrected chi connectivity index (χ1v) is 11.3. The van der Waals surface area contributed by atoms with Crippen molar-refractivity contribution in [2.24, 2.45) is 12.8 Å². The van der Waals surface area contributed by atoms with Crippen molar-refractivity contribution >= 4 is 16.8 Å². The van der Waals surface area contributed by atoms with E-state index in [0.717, 1.165) is 31.3 Å². The highest BCUT2D eigenvalue weighted by atomic mass is 16.5. The fourth-order valence-corrected chi connectivity index (χ4v) is 4.60. The van der Waals surface area contributed by atoms with Gasteiger partial charge in [-0.15, -0.1) is 0 Å². The number of methoxy groups -OCH3 is 1. The number of benzene rings is 1. The molecule has 3 heterocycles. The summed E-state index contributed by atoms with van der Waals surface area (Å²) in [6, 6.07) is 8.19. The molecular weight excluding hydrogens is 438 g/mol. The number of rotatable bonds is 7. The average molecular weight is 468 g/mol. The van der Waals surface area contributed by atoms with Gasteiger partial charge in [-0.3, -0.25) is 19.3 Å². The number of aromatic hydroxyl groups is 1. The van der Waals surface area contributed by atoms with E-state index in [-0.39, 0.29) is 17.7 Å². The summed E-state index contributed by atoms with van der Waals surface area (Å²) in [6.07, 6.45) is 2.99. The van der Waals surface area contributed by atoms with E-state index in [1.165, 1.54) is 24.2 Å². The molecule has 0 spiro atoms. The number of aryl methyl sites for hydroxylation is 1. The molecular formula is C25H29N3O6. The third-order valence-electron chi connectivity index (χ3n) is 6.39. The molecule has 0 aliphatic carbocycles. The van der Waals surface area contributed by atoms with E-state index < -0.39 is 28.6 Å². The van der Waals surface area contributed by atoms with E-state index in [2.05, 4.69) is 4.90 Å². The fourth-order valence-electron chi connectivity index (χ4n) is 4.60.